The van der Waals surface area contributed by atoms with Crippen LogP contribution < -0.4 is 15.5 Å². The number of rotatable bonds is 5. The van der Waals surface area contributed by atoms with E-state index < -0.39 is 4.92 Å². The summed E-state index contributed by atoms with van der Waals surface area (Å²) in [7, 11) is 0. The zero-order chi connectivity index (χ0) is 19.4. The molecular formula is C20H24N4O3. The number of amides is 1. The fraction of sp³-hybridized carbons (Fsp3) is 0.350. The Balaban J connectivity index is 1.79. The predicted octanol–water partition coefficient (Wildman–Crippen LogP) is 3.38. The normalized spacial score (nSPS) is 14.3. The number of piperazine rings is 1. The fourth-order valence-corrected chi connectivity index (χ4v) is 3.14. The van der Waals surface area contributed by atoms with Gasteiger partial charge in [0.1, 0.15) is 5.69 Å². The van der Waals surface area contributed by atoms with Crippen molar-refractivity contribution in [1.29, 1.82) is 0 Å². The molecule has 2 aromatic rings. The average Bonchev–Trinajstić information content (AvgIpc) is 2.68. The number of carbonyl (C=O) groups excluding carboxylic acids is 1. The number of nitro groups is 1. The number of hydrogen-bond donors (Lipinski definition) is 2. The fourth-order valence-electron chi connectivity index (χ4n) is 3.14. The number of benzene rings is 2. The molecule has 7 heteroatoms. The Hall–Kier alpha value is -2.93. The van der Waals surface area contributed by atoms with E-state index in [4.69, 9.17) is 0 Å². The smallest absolute Gasteiger partial charge is 0.294 e. The first-order chi connectivity index (χ1) is 13.0. The van der Waals surface area contributed by atoms with Gasteiger partial charge in [-0.3, -0.25) is 14.9 Å². The SMILES string of the molecule is CC(C)c1ccc(C(=O)Nc2ccc(N3CCNCC3)c([N+](=O)[O-])c2)cc1. The first-order valence-corrected chi connectivity index (χ1v) is 9.11. The van der Waals surface area contributed by atoms with Gasteiger partial charge in [0.2, 0.25) is 0 Å². The maximum absolute atomic E-state index is 12.5. The van der Waals surface area contributed by atoms with E-state index in [1.54, 1.807) is 24.3 Å². The van der Waals surface area contributed by atoms with Crippen LogP contribution in [0.1, 0.15) is 35.7 Å². The molecule has 1 saturated heterocycles. The standard InChI is InChI=1S/C20H24N4O3/c1-14(2)15-3-5-16(6-4-15)20(25)22-17-7-8-18(19(13-17)24(26)27)23-11-9-21-10-12-23/h3-8,13-14,21H,9-12H2,1-2H3,(H,22,25). The van der Waals surface area contributed by atoms with E-state index in [0.29, 0.717) is 22.9 Å². The van der Waals surface area contributed by atoms with E-state index in [0.717, 1.165) is 31.7 Å². The molecule has 0 spiro atoms. The minimum Gasteiger partial charge on any atom is -0.363 e. The van der Waals surface area contributed by atoms with Crippen molar-refractivity contribution in [3.05, 3.63) is 63.7 Å². The maximum Gasteiger partial charge on any atom is 0.294 e. The summed E-state index contributed by atoms with van der Waals surface area (Å²) in [5.41, 5.74) is 2.68. The summed E-state index contributed by atoms with van der Waals surface area (Å²) < 4.78 is 0. The van der Waals surface area contributed by atoms with Gasteiger partial charge in [0.15, 0.2) is 0 Å². The van der Waals surface area contributed by atoms with Gasteiger partial charge in [-0.25, -0.2) is 0 Å². The van der Waals surface area contributed by atoms with Crippen molar-refractivity contribution in [2.24, 2.45) is 0 Å². The van der Waals surface area contributed by atoms with E-state index in [2.05, 4.69) is 24.5 Å². The zero-order valence-electron chi connectivity index (χ0n) is 15.6. The molecule has 27 heavy (non-hydrogen) atoms. The van der Waals surface area contributed by atoms with Gasteiger partial charge < -0.3 is 15.5 Å². The molecule has 7 nitrogen and oxygen atoms in total. The summed E-state index contributed by atoms with van der Waals surface area (Å²) in [6.07, 6.45) is 0. The molecule has 1 heterocycles. The summed E-state index contributed by atoms with van der Waals surface area (Å²) in [6, 6.07) is 12.2. The van der Waals surface area contributed by atoms with Gasteiger partial charge in [-0.1, -0.05) is 26.0 Å². The van der Waals surface area contributed by atoms with Crippen molar-refractivity contribution >= 4 is 23.0 Å². The Labute approximate surface area is 158 Å². The highest BCUT2D eigenvalue weighted by Gasteiger charge is 2.22. The van der Waals surface area contributed by atoms with Gasteiger partial charge in [0.25, 0.3) is 11.6 Å². The van der Waals surface area contributed by atoms with Crippen molar-refractivity contribution in [3.8, 4) is 0 Å². The number of nitrogens with one attached hydrogen (secondary N) is 2. The van der Waals surface area contributed by atoms with E-state index in [-0.39, 0.29) is 11.6 Å². The first-order valence-electron chi connectivity index (χ1n) is 9.11. The van der Waals surface area contributed by atoms with Gasteiger partial charge >= 0.3 is 0 Å². The lowest BCUT2D eigenvalue weighted by Crippen LogP contribution is -2.43. The van der Waals surface area contributed by atoms with Crippen molar-refractivity contribution in [2.45, 2.75) is 19.8 Å². The van der Waals surface area contributed by atoms with Crippen LogP contribution in [0.2, 0.25) is 0 Å². The highest BCUT2D eigenvalue weighted by atomic mass is 16.6. The molecule has 3 rings (SSSR count). The second-order valence-corrected chi connectivity index (χ2v) is 6.93. The van der Waals surface area contributed by atoms with Gasteiger partial charge in [0, 0.05) is 43.5 Å². The van der Waals surface area contributed by atoms with Crippen LogP contribution in [-0.4, -0.2) is 37.0 Å². The summed E-state index contributed by atoms with van der Waals surface area (Å²) in [6.45, 7) is 7.20. The van der Waals surface area contributed by atoms with Gasteiger partial charge in [-0.05, 0) is 35.7 Å². The van der Waals surface area contributed by atoms with E-state index in [1.807, 2.05) is 17.0 Å². The largest absolute Gasteiger partial charge is 0.363 e. The quantitative estimate of drug-likeness (QED) is 0.624. The van der Waals surface area contributed by atoms with Gasteiger partial charge in [0.05, 0.1) is 4.92 Å². The molecule has 1 aliphatic rings. The Morgan fingerprint density at radius 2 is 1.81 bits per heavy atom. The molecule has 0 bridgehead atoms. The summed E-state index contributed by atoms with van der Waals surface area (Å²) in [5, 5.41) is 17.5. The topological polar surface area (TPSA) is 87.5 Å². The molecule has 1 amide bonds. The van der Waals surface area contributed by atoms with Crippen LogP contribution in [0.15, 0.2) is 42.5 Å². The first kappa shape index (κ1) is 18.8. The molecule has 2 aromatic carbocycles. The predicted molar refractivity (Wildman–Crippen MR) is 107 cm³/mol. The minimum atomic E-state index is -0.398. The molecule has 0 radical (unpaired) electrons. The Bertz CT molecular complexity index is 828. The van der Waals surface area contributed by atoms with Crippen LogP contribution in [-0.2, 0) is 0 Å². The molecule has 0 atom stereocenters. The molecule has 0 saturated carbocycles. The molecule has 142 valence electrons. The van der Waals surface area contributed by atoms with Crippen molar-refractivity contribution in [1.82, 2.24) is 5.32 Å². The third kappa shape index (κ3) is 4.43. The molecule has 0 aliphatic carbocycles. The lowest BCUT2D eigenvalue weighted by Gasteiger charge is -2.29. The van der Waals surface area contributed by atoms with Crippen molar-refractivity contribution in [2.75, 3.05) is 36.4 Å². The van der Waals surface area contributed by atoms with E-state index in [9.17, 15) is 14.9 Å². The molecule has 1 aliphatic heterocycles. The van der Waals surface area contributed by atoms with E-state index in [1.165, 1.54) is 6.07 Å². The molecule has 2 N–H and O–H groups in total. The second kappa shape index (κ2) is 8.18. The average molecular weight is 368 g/mol. The van der Waals surface area contributed by atoms with Crippen LogP contribution in [0.3, 0.4) is 0 Å². The molecule has 0 unspecified atom stereocenters. The zero-order valence-corrected chi connectivity index (χ0v) is 15.6. The van der Waals surface area contributed by atoms with Crippen LogP contribution >= 0.6 is 0 Å². The Kier molecular flexibility index (Phi) is 5.71. The number of nitro benzene ring substituents is 1. The van der Waals surface area contributed by atoms with Gasteiger partial charge in [-0.2, -0.15) is 0 Å². The third-order valence-electron chi connectivity index (χ3n) is 4.73. The van der Waals surface area contributed by atoms with Crippen LogP contribution in [0, 0.1) is 10.1 Å². The Morgan fingerprint density at radius 3 is 2.41 bits per heavy atom. The third-order valence-corrected chi connectivity index (χ3v) is 4.73. The van der Waals surface area contributed by atoms with E-state index >= 15 is 0 Å². The minimum absolute atomic E-state index is 0.00450. The lowest BCUT2D eigenvalue weighted by molar-refractivity contribution is -0.384. The lowest BCUT2D eigenvalue weighted by atomic mass is 10.0. The Morgan fingerprint density at radius 1 is 1.15 bits per heavy atom. The maximum atomic E-state index is 12.5. The van der Waals surface area contributed by atoms with Crippen LogP contribution in [0.25, 0.3) is 0 Å². The number of hydrogen-bond acceptors (Lipinski definition) is 5. The molecule has 0 aromatic heterocycles. The molecule has 1 fully saturated rings. The summed E-state index contributed by atoms with van der Waals surface area (Å²) in [4.78, 5) is 25.6. The van der Waals surface area contributed by atoms with Crippen LogP contribution in [0.5, 0.6) is 0 Å². The summed E-state index contributed by atoms with van der Waals surface area (Å²) in [5.74, 6) is 0.108. The monoisotopic (exact) mass is 368 g/mol. The van der Waals surface area contributed by atoms with Crippen LogP contribution in [0.4, 0.5) is 17.1 Å². The highest BCUT2D eigenvalue weighted by Crippen LogP contribution is 2.31. The number of anilines is 2. The summed E-state index contributed by atoms with van der Waals surface area (Å²) >= 11 is 0. The number of carbonyl (C=O) groups is 1. The van der Waals surface area contributed by atoms with Gasteiger partial charge in [-0.15, -0.1) is 0 Å². The number of nitrogens with zero attached hydrogens (tertiary/aromatic N) is 2. The van der Waals surface area contributed by atoms with Crippen molar-refractivity contribution < 1.29 is 9.72 Å². The van der Waals surface area contributed by atoms with Crippen molar-refractivity contribution in [3.63, 3.8) is 0 Å². The highest BCUT2D eigenvalue weighted by molar-refractivity contribution is 6.04. The second-order valence-electron chi connectivity index (χ2n) is 6.93. The molecular weight excluding hydrogens is 344 g/mol.